The second-order valence-electron chi connectivity index (χ2n) is 5.35. The molecule has 1 saturated carbocycles. The van der Waals surface area contributed by atoms with Gasteiger partial charge >= 0.3 is 0 Å². The molecule has 1 fully saturated rings. The summed E-state index contributed by atoms with van der Waals surface area (Å²) in [6.07, 6.45) is 4.65. The number of halogens is 2. The summed E-state index contributed by atoms with van der Waals surface area (Å²) in [6.45, 7) is 0.418. The second-order valence-corrected chi connectivity index (χ2v) is 5.35. The summed E-state index contributed by atoms with van der Waals surface area (Å²) in [4.78, 5) is 13.4. The van der Waals surface area contributed by atoms with Crippen LogP contribution in [0, 0.1) is 11.6 Å². The molecule has 0 aliphatic heterocycles. The van der Waals surface area contributed by atoms with Crippen molar-refractivity contribution in [2.45, 2.75) is 38.3 Å². The van der Waals surface area contributed by atoms with Crippen LogP contribution < -0.4 is 5.32 Å². The smallest absolute Gasteiger partial charge is 0.236 e. The van der Waals surface area contributed by atoms with E-state index in [0.717, 1.165) is 18.9 Å². The predicted molar refractivity (Wildman–Crippen MR) is 73.1 cm³/mol. The van der Waals surface area contributed by atoms with Crippen LogP contribution in [0.4, 0.5) is 8.78 Å². The molecular weight excluding hydrogens is 262 g/mol. The van der Waals surface area contributed by atoms with Gasteiger partial charge in [0.25, 0.3) is 0 Å². The molecule has 1 aromatic rings. The Morgan fingerprint density at radius 3 is 2.70 bits per heavy atom. The van der Waals surface area contributed by atoms with E-state index in [2.05, 4.69) is 5.32 Å². The first-order chi connectivity index (χ1) is 9.56. The van der Waals surface area contributed by atoms with Crippen molar-refractivity contribution in [1.29, 1.82) is 0 Å². The fourth-order valence-corrected chi connectivity index (χ4v) is 2.49. The molecule has 0 heterocycles. The minimum Gasteiger partial charge on any atom is -0.340 e. The van der Waals surface area contributed by atoms with E-state index in [9.17, 15) is 13.6 Å². The third-order valence-corrected chi connectivity index (χ3v) is 3.75. The molecule has 110 valence electrons. The SMILES string of the molecule is CN(Cc1ccc(F)cc1F)C(=O)CNC1CCCC1. The largest absolute Gasteiger partial charge is 0.340 e. The first-order valence-electron chi connectivity index (χ1n) is 6.97. The molecule has 1 amide bonds. The molecule has 0 aromatic heterocycles. The van der Waals surface area contributed by atoms with E-state index in [1.165, 1.54) is 29.9 Å². The molecule has 5 heteroatoms. The van der Waals surface area contributed by atoms with Gasteiger partial charge in [0.2, 0.25) is 5.91 Å². The average Bonchev–Trinajstić information content (AvgIpc) is 2.92. The summed E-state index contributed by atoms with van der Waals surface area (Å²) in [5.74, 6) is -1.31. The van der Waals surface area contributed by atoms with Crippen LogP contribution in [0.5, 0.6) is 0 Å². The van der Waals surface area contributed by atoms with Gasteiger partial charge in [-0.25, -0.2) is 8.78 Å². The highest BCUT2D eigenvalue weighted by Gasteiger charge is 2.17. The Balaban J connectivity index is 1.83. The molecule has 20 heavy (non-hydrogen) atoms. The van der Waals surface area contributed by atoms with E-state index in [1.807, 2.05) is 0 Å². The van der Waals surface area contributed by atoms with Crippen molar-refractivity contribution >= 4 is 5.91 Å². The molecular formula is C15H20F2N2O. The van der Waals surface area contributed by atoms with Crippen LogP contribution in [0.1, 0.15) is 31.2 Å². The third kappa shape index (κ3) is 4.00. The lowest BCUT2D eigenvalue weighted by Gasteiger charge is -2.19. The van der Waals surface area contributed by atoms with Crippen molar-refractivity contribution in [1.82, 2.24) is 10.2 Å². The van der Waals surface area contributed by atoms with Crippen molar-refractivity contribution in [3.05, 3.63) is 35.4 Å². The topological polar surface area (TPSA) is 32.3 Å². The Morgan fingerprint density at radius 2 is 2.05 bits per heavy atom. The first-order valence-corrected chi connectivity index (χ1v) is 6.97. The van der Waals surface area contributed by atoms with Gasteiger partial charge in [-0.05, 0) is 18.9 Å². The average molecular weight is 282 g/mol. The number of likely N-dealkylation sites (N-methyl/N-ethyl adjacent to an activating group) is 1. The molecule has 0 radical (unpaired) electrons. The Hall–Kier alpha value is -1.49. The van der Waals surface area contributed by atoms with E-state index in [0.29, 0.717) is 11.6 Å². The van der Waals surface area contributed by atoms with Crippen molar-refractivity contribution in [2.75, 3.05) is 13.6 Å². The van der Waals surface area contributed by atoms with Crippen LogP contribution >= 0.6 is 0 Å². The number of benzene rings is 1. The van der Waals surface area contributed by atoms with Gasteiger partial charge in [-0.3, -0.25) is 4.79 Å². The first kappa shape index (κ1) is 14.9. The highest BCUT2D eigenvalue weighted by molar-refractivity contribution is 5.78. The van der Waals surface area contributed by atoms with Crippen LogP contribution in [0.2, 0.25) is 0 Å². The van der Waals surface area contributed by atoms with E-state index in [-0.39, 0.29) is 19.0 Å². The maximum absolute atomic E-state index is 13.5. The number of hydrogen-bond acceptors (Lipinski definition) is 2. The number of rotatable bonds is 5. The monoisotopic (exact) mass is 282 g/mol. The number of amides is 1. The zero-order valence-electron chi connectivity index (χ0n) is 11.7. The number of hydrogen-bond donors (Lipinski definition) is 1. The third-order valence-electron chi connectivity index (χ3n) is 3.75. The number of carbonyl (C=O) groups excluding carboxylic acids is 1. The molecule has 0 unspecified atom stereocenters. The Kier molecular flexibility index (Phi) is 5.06. The summed E-state index contributed by atoms with van der Waals surface area (Å²) in [7, 11) is 1.63. The fraction of sp³-hybridized carbons (Fsp3) is 0.533. The molecule has 0 saturated heterocycles. The standard InChI is InChI=1S/C15H20F2N2O/c1-19(10-11-6-7-12(16)8-14(11)17)15(20)9-18-13-4-2-3-5-13/h6-8,13,18H,2-5,9-10H2,1H3. The van der Waals surface area contributed by atoms with Crippen LogP contribution in [0.15, 0.2) is 18.2 Å². The number of nitrogens with one attached hydrogen (secondary N) is 1. The van der Waals surface area contributed by atoms with Crippen LogP contribution in [0.3, 0.4) is 0 Å². The molecule has 1 N–H and O–H groups in total. The van der Waals surface area contributed by atoms with Gasteiger partial charge < -0.3 is 10.2 Å². The van der Waals surface area contributed by atoms with Crippen molar-refractivity contribution in [2.24, 2.45) is 0 Å². The van der Waals surface area contributed by atoms with E-state index < -0.39 is 11.6 Å². The van der Waals surface area contributed by atoms with Gasteiger partial charge in [-0.1, -0.05) is 18.9 Å². The molecule has 1 aliphatic carbocycles. The highest BCUT2D eigenvalue weighted by atomic mass is 19.1. The summed E-state index contributed by atoms with van der Waals surface area (Å²) in [5.41, 5.74) is 0.322. The Morgan fingerprint density at radius 1 is 1.35 bits per heavy atom. The van der Waals surface area contributed by atoms with Crippen molar-refractivity contribution in [3.8, 4) is 0 Å². The van der Waals surface area contributed by atoms with E-state index in [4.69, 9.17) is 0 Å². The van der Waals surface area contributed by atoms with Gasteiger partial charge in [0, 0.05) is 31.3 Å². The van der Waals surface area contributed by atoms with Crippen molar-refractivity contribution < 1.29 is 13.6 Å². The molecule has 1 aliphatic rings. The predicted octanol–water partition coefficient (Wildman–Crippen LogP) is 2.46. The molecule has 3 nitrogen and oxygen atoms in total. The highest BCUT2D eigenvalue weighted by Crippen LogP contribution is 2.17. The zero-order valence-corrected chi connectivity index (χ0v) is 11.7. The minimum atomic E-state index is -0.617. The minimum absolute atomic E-state index is 0.0828. The Bertz CT molecular complexity index is 473. The van der Waals surface area contributed by atoms with Crippen LogP contribution in [-0.4, -0.2) is 30.4 Å². The van der Waals surface area contributed by atoms with E-state index >= 15 is 0 Å². The van der Waals surface area contributed by atoms with Gasteiger partial charge in [0.15, 0.2) is 0 Å². The normalized spacial score (nSPS) is 15.6. The summed E-state index contributed by atoms with van der Waals surface area (Å²) < 4.78 is 26.3. The van der Waals surface area contributed by atoms with Crippen LogP contribution in [0.25, 0.3) is 0 Å². The summed E-state index contributed by atoms with van der Waals surface area (Å²) >= 11 is 0. The fourth-order valence-electron chi connectivity index (χ4n) is 2.49. The second kappa shape index (κ2) is 6.79. The lowest BCUT2D eigenvalue weighted by molar-refractivity contribution is -0.129. The zero-order chi connectivity index (χ0) is 14.5. The lowest BCUT2D eigenvalue weighted by Crippen LogP contribution is -2.39. The Labute approximate surface area is 118 Å². The number of nitrogens with zero attached hydrogens (tertiary/aromatic N) is 1. The molecule has 1 aromatic carbocycles. The van der Waals surface area contributed by atoms with Gasteiger partial charge in [0.05, 0.1) is 6.54 Å². The maximum Gasteiger partial charge on any atom is 0.236 e. The van der Waals surface area contributed by atoms with Gasteiger partial charge in [0.1, 0.15) is 11.6 Å². The molecule has 0 spiro atoms. The lowest BCUT2D eigenvalue weighted by atomic mass is 10.2. The van der Waals surface area contributed by atoms with Gasteiger partial charge in [-0.15, -0.1) is 0 Å². The quantitative estimate of drug-likeness (QED) is 0.899. The number of carbonyl (C=O) groups is 1. The molecule has 0 bridgehead atoms. The van der Waals surface area contributed by atoms with Crippen molar-refractivity contribution in [3.63, 3.8) is 0 Å². The van der Waals surface area contributed by atoms with Gasteiger partial charge in [-0.2, -0.15) is 0 Å². The maximum atomic E-state index is 13.5. The molecule has 0 atom stereocenters. The summed E-state index contributed by atoms with van der Waals surface area (Å²) in [5, 5.41) is 3.23. The van der Waals surface area contributed by atoms with E-state index in [1.54, 1.807) is 7.05 Å². The summed E-state index contributed by atoms with van der Waals surface area (Å²) in [6, 6.07) is 3.84. The molecule has 2 rings (SSSR count). The van der Waals surface area contributed by atoms with Crippen LogP contribution in [-0.2, 0) is 11.3 Å².